The van der Waals surface area contributed by atoms with E-state index in [-0.39, 0.29) is 11.9 Å². The van der Waals surface area contributed by atoms with Crippen molar-refractivity contribution in [1.29, 1.82) is 0 Å². The van der Waals surface area contributed by atoms with Gasteiger partial charge in [-0.2, -0.15) is 5.10 Å². The number of fused-ring (bicyclic) bond motifs is 2. The number of nitrogens with one attached hydrogen (secondary N) is 2. The smallest absolute Gasteiger partial charge is 0.321 e. The van der Waals surface area contributed by atoms with E-state index in [0.717, 1.165) is 22.6 Å². The van der Waals surface area contributed by atoms with Gasteiger partial charge in [-0.1, -0.05) is 29.8 Å². The maximum Gasteiger partial charge on any atom is 0.321 e. The van der Waals surface area contributed by atoms with Crippen LogP contribution in [0.5, 0.6) is 0 Å². The average molecular weight is 422 g/mol. The Morgan fingerprint density at radius 1 is 1.20 bits per heavy atom. The molecule has 2 aliphatic rings. The Kier molecular flexibility index (Phi) is 4.29. The zero-order chi connectivity index (χ0) is 20.9. The molecule has 2 aromatic carbocycles. The number of carbonyl (C=O) groups excluding carboxylic acids is 2. The number of carbonyl (C=O) groups is 2. The number of nitrogens with zero attached hydrogens (tertiary/aromatic N) is 3. The number of urea groups is 1. The SMILES string of the molecule is Cc1c(NC(=O)N2CCC3(C2)C(=O)Nc2ccccc23)cnn1-c1ccc(Cl)cc1. The molecule has 3 heterocycles. The predicted octanol–water partition coefficient (Wildman–Crippen LogP) is 3.96. The topological polar surface area (TPSA) is 79.3 Å². The highest BCUT2D eigenvalue weighted by Gasteiger charge is 2.52. The fourth-order valence-corrected chi connectivity index (χ4v) is 4.46. The van der Waals surface area contributed by atoms with Crippen LogP contribution in [0.2, 0.25) is 5.02 Å². The molecule has 1 saturated heterocycles. The highest BCUT2D eigenvalue weighted by molar-refractivity contribution is 6.30. The predicted molar refractivity (Wildman–Crippen MR) is 115 cm³/mol. The number of anilines is 2. The van der Waals surface area contributed by atoms with E-state index in [9.17, 15) is 9.59 Å². The number of hydrogen-bond acceptors (Lipinski definition) is 3. The summed E-state index contributed by atoms with van der Waals surface area (Å²) < 4.78 is 1.75. The van der Waals surface area contributed by atoms with Crippen LogP contribution in [0.15, 0.2) is 54.7 Å². The summed E-state index contributed by atoms with van der Waals surface area (Å²) in [6, 6.07) is 14.8. The molecule has 1 aromatic heterocycles. The molecular formula is C22H20ClN5O2. The summed E-state index contributed by atoms with van der Waals surface area (Å²) in [5, 5.41) is 10.9. The first-order chi connectivity index (χ1) is 14.5. The third-order valence-corrected chi connectivity index (χ3v) is 6.26. The molecule has 8 heteroatoms. The van der Waals surface area contributed by atoms with Gasteiger partial charge in [-0.15, -0.1) is 0 Å². The van der Waals surface area contributed by atoms with Crippen LogP contribution in [0.1, 0.15) is 17.7 Å². The van der Waals surface area contributed by atoms with Crippen molar-refractivity contribution in [2.24, 2.45) is 0 Å². The fourth-order valence-electron chi connectivity index (χ4n) is 4.33. The van der Waals surface area contributed by atoms with E-state index in [4.69, 9.17) is 11.6 Å². The molecule has 7 nitrogen and oxygen atoms in total. The number of benzene rings is 2. The number of hydrogen-bond donors (Lipinski definition) is 2. The van der Waals surface area contributed by atoms with Gasteiger partial charge in [0, 0.05) is 23.8 Å². The maximum atomic E-state index is 12.9. The van der Waals surface area contributed by atoms with Crippen LogP contribution in [-0.2, 0) is 10.2 Å². The number of aromatic nitrogens is 2. The molecule has 2 N–H and O–H groups in total. The van der Waals surface area contributed by atoms with Crippen molar-refractivity contribution in [2.75, 3.05) is 23.7 Å². The third-order valence-electron chi connectivity index (χ3n) is 6.00. The van der Waals surface area contributed by atoms with E-state index >= 15 is 0 Å². The van der Waals surface area contributed by atoms with Crippen LogP contribution in [0.25, 0.3) is 5.69 Å². The molecule has 1 atom stereocenters. The van der Waals surface area contributed by atoms with E-state index in [2.05, 4.69) is 15.7 Å². The Morgan fingerprint density at radius 3 is 2.77 bits per heavy atom. The Balaban J connectivity index is 1.34. The number of rotatable bonds is 2. The third kappa shape index (κ3) is 2.85. The number of halogens is 1. The van der Waals surface area contributed by atoms with Crippen molar-refractivity contribution in [3.63, 3.8) is 0 Å². The van der Waals surface area contributed by atoms with Gasteiger partial charge in [0.1, 0.15) is 0 Å². The van der Waals surface area contributed by atoms with Crippen molar-refractivity contribution in [2.45, 2.75) is 18.8 Å². The number of para-hydroxylation sites is 1. The molecule has 5 rings (SSSR count). The Morgan fingerprint density at radius 2 is 1.97 bits per heavy atom. The summed E-state index contributed by atoms with van der Waals surface area (Å²) in [5.41, 5.74) is 3.44. The summed E-state index contributed by atoms with van der Waals surface area (Å²) in [5.74, 6) is -0.0364. The number of amides is 3. The van der Waals surface area contributed by atoms with Crippen LogP contribution < -0.4 is 10.6 Å². The van der Waals surface area contributed by atoms with Crippen molar-refractivity contribution < 1.29 is 9.59 Å². The summed E-state index contributed by atoms with van der Waals surface area (Å²) in [6.45, 7) is 2.76. The Bertz CT molecular complexity index is 1160. The zero-order valence-corrected chi connectivity index (χ0v) is 17.1. The summed E-state index contributed by atoms with van der Waals surface area (Å²) in [6.07, 6.45) is 2.23. The van der Waals surface area contributed by atoms with Gasteiger partial charge in [0.2, 0.25) is 5.91 Å². The van der Waals surface area contributed by atoms with Gasteiger partial charge < -0.3 is 15.5 Å². The van der Waals surface area contributed by atoms with E-state index in [1.54, 1.807) is 27.9 Å². The van der Waals surface area contributed by atoms with Gasteiger partial charge in [0.25, 0.3) is 0 Å². The van der Waals surface area contributed by atoms with Crippen LogP contribution in [-0.4, -0.2) is 39.7 Å². The minimum atomic E-state index is -0.670. The van der Waals surface area contributed by atoms with E-state index in [1.807, 2.05) is 43.3 Å². The molecule has 1 unspecified atom stereocenters. The van der Waals surface area contributed by atoms with Crippen LogP contribution in [0.3, 0.4) is 0 Å². The molecule has 152 valence electrons. The summed E-state index contributed by atoms with van der Waals surface area (Å²) >= 11 is 5.96. The Hall–Kier alpha value is -3.32. The normalized spacial score (nSPS) is 19.8. The second-order valence-corrected chi connectivity index (χ2v) is 8.15. The second kappa shape index (κ2) is 6.88. The Labute approximate surface area is 178 Å². The van der Waals surface area contributed by atoms with E-state index in [1.165, 1.54) is 0 Å². The minimum absolute atomic E-state index is 0.0364. The summed E-state index contributed by atoms with van der Waals surface area (Å²) in [4.78, 5) is 27.4. The van der Waals surface area contributed by atoms with Crippen molar-refractivity contribution >= 4 is 34.9 Å². The largest absolute Gasteiger partial charge is 0.325 e. The molecule has 0 bridgehead atoms. The lowest BCUT2D eigenvalue weighted by molar-refractivity contribution is -0.120. The van der Waals surface area contributed by atoms with Gasteiger partial charge in [-0.05, 0) is 49.2 Å². The van der Waals surface area contributed by atoms with Crippen LogP contribution >= 0.6 is 11.6 Å². The first-order valence-corrected chi connectivity index (χ1v) is 10.1. The van der Waals surface area contributed by atoms with Gasteiger partial charge >= 0.3 is 6.03 Å². The monoisotopic (exact) mass is 421 g/mol. The van der Waals surface area contributed by atoms with Gasteiger partial charge in [0.05, 0.1) is 28.7 Å². The van der Waals surface area contributed by atoms with Crippen molar-refractivity contribution in [3.05, 3.63) is 71.0 Å². The van der Waals surface area contributed by atoms with E-state index in [0.29, 0.717) is 30.2 Å². The van der Waals surface area contributed by atoms with Gasteiger partial charge in [-0.25, -0.2) is 9.48 Å². The van der Waals surface area contributed by atoms with Crippen LogP contribution in [0.4, 0.5) is 16.2 Å². The minimum Gasteiger partial charge on any atom is -0.325 e. The lowest BCUT2D eigenvalue weighted by Crippen LogP contribution is -2.40. The van der Waals surface area contributed by atoms with Crippen molar-refractivity contribution in [1.82, 2.24) is 14.7 Å². The molecule has 0 aliphatic carbocycles. The molecule has 0 radical (unpaired) electrons. The molecule has 0 saturated carbocycles. The molecule has 1 spiro atoms. The lowest BCUT2D eigenvalue weighted by atomic mass is 9.81. The zero-order valence-electron chi connectivity index (χ0n) is 16.4. The molecule has 3 amide bonds. The molecular weight excluding hydrogens is 402 g/mol. The van der Waals surface area contributed by atoms with Gasteiger partial charge in [0.15, 0.2) is 0 Å². The maximum absolute atomic E-state index is 12.9. The lowest BCUT2D eigenvalue weighted by Gasteiger charge is -2.22. The first kappa shape index (κ1) is 18.7. The van der Waals surface area contributed by atoms with Gasteiger partial charge in [-0.3, -0.25) is 4.79 Å². The van der Waals surface area contributed by atoms with E-state index < -0.39 is 5.41 Å². The highest BCUT2D eigenvalue weighted by atomic mass is 35.5. The molecule has 1 fully saturated rings. The fraction of sp³-hybridized carbons (Fsp3) is 0.227. The molecule has 3 aromatic rings. The number of likely N-dealkylation sites (tertiary alicyclic amines) is 1. The van der Waals surface area contributed by atoms with Crippen LogP contribution in [0, 0.1) is 6.92 Å². The second-order valence-electron chi connectivity index (χ2n) is 7.72. The molecule has 30 heavy (non-hydrogen) atoms. The standard InChI is InChI=1S/C22H20ClN5O2/c1-14-19(12-24-28(14)16-8-6-15(23)7-9-16)26-21(30)27-11-10-22(13-27)17-4-2-3-5-18(17)25-20(22)29/h2-9,12H,10-11,13H2,1H3,(H,25,29)(H,26,30). The van der Waals surface area contributed by atoms with Crippen molar-refractivity contribution in [3.8, 4) is 5.69 Å². The first-order valence-electron chi connectivity index (χ1n) is 9.75. The summed E-state index contributed by atoms with van der Waals surface area (Å²) in [7, 11) is 0. The quantitative estimate of drug-likeness (QED) is 0.657. The average Bonchev–Trinajstić information content (AvgIpc) is 3.42. The molecule has 2 aliphatic heterocycles. The highest BCUT2D eigenvalue weighted by Crippen LogP contribution is 2.44.